The summed E-state index contributed by atoms with van der Waals surface area (Å²) in [6, 6.07) is 11.5. The van der Waals surface area contributed by atoms with Crippen molar-refractivity contribution in [3.63, 3.8) is 0 Å². The number of nitrogens with one attached hydrogen (secondary N) is 1. The first-order chi connectivity index (χ1) is 12.8. The molecule has 2 aromatic rings. The first kappa shape index (κ1) is 21.2. The summed E-state index contributed by atoms with van der Waals surface area (Å²) in [7, 11) is -2.43. The van der Waals surface area contributed by atoms with E-state index in [-0.39, 0.29) is 11.4 Å². The second-order valence-corrected chi connectivity index (χ2v) is 8.32. The lowest BCUT2D eigenvalue weighted by Gasteiger charge is -2.26. The number of nitrogens with zero attached hydrogens (tertiary/aromatic N) is 1. The molecule has 146 valence electrons. The van der Waals surface area contributed by atoms with Gasteiger partial charge in [-0.3, -0.25) is 9.10 Å². The number of hydrogen-bond acceptors (Lipinski definition) is 4. The molecular formula is C19H23ClN2O4S. The van der Waals surface area contributed by atoms with E-state index in [4.69, 9.17) is 16.3 Å². The van der Waals surface area contributed by atoms with Gasteiger partial charge in [-0.1, -0.05) is 35.4 Å². The fraction of sp³-hybridized carbons (Fsp3) is 0.316. The second-order valence-electron chi connectivity index (χ2n) is 6.05. The Morgan fingerprint density at radius 1 is 1.15 bits per heavy atom. The SMILES string of the molecule is COCCNC(=O)CN(c1cccc(Cl)c1C)S(=O)(=O)c1ccc(C)cc1. The van der Waals surface area contributed by atoms with Crippen molar-refractivity contribution in [3.8, 4) is 0 Å². The molecule has 0 atom stereocenters. The third-order valence-corrected chi connectivity index (χ3v) is 6.22. The number of carbonyl (C=O) groups is 1. The summed E-state index contributed by atoms with van der Waals surface area (Å²) in [6.45, 7) is 3.87. The van der Waals surface area contributed by atoms with Crippen LogP contribution in [0.15, 0.2) is 47.4 Å². The molecule has 27 heavy (non-hydrogen) atoms. The molecule has 0 bridgehead atoms. The van der Waals surface area contributed by atoms with Crippen molar-refractivity contribution in [1.29, 1.82) is 0 Å². The van der Waals surface area contributed by atoms with Crippen LogP contribution < -0.4 is 9.62 Å². The Morgan fingerprint density at radius 3 is 2.44 bits per heavy atom. The molecule has 6 nitrogen and oxygen atoms in total. The number of carbonyl (C=O) groups excluding carboxylic acids is 1. The van der Waals surface area contributed by atoms with Crippen LogP contribution in [0.25, 0.3) is 0 Å². The molecule has 0 unspecified atom stereocenters. The summed E-state index contributed by atoms with van der Waals surface area (Å²) in [5.41, 5.74) is 1.89. The molecule has 0 aliphatic rings. The summed E-state index contributed by atoms with van der Waals surface area (Å²) in [4.78, 5) is 12.4. The van der Waals surface area contributed by atoms with Gasteiger partial charge in [-0.25, -0.2) is 8.42 Å². The molecule has 0 fully saturated rings. The van der Waals surface area contributed by atoms with E-state index in [1.165, 1.54) is 19.2 Å². The van der Waals surface area contributed by atoms with Crippen LogP contribution in [0.1, 0.15) is 11.1 Å². The quantitative estimate of drug-likeness (QED) is 0.679. The molecule has 8 heteroatoms. The number of methoxy groups -OCH3 is 1. The van der Waals surface area contributed by atoms with Crippen LogP contribution in [0.2, 0.25) is 5.02 Å². The van der Waals surface area contributed by atoms with Crippen molar-refractivity contribution in [3.05, 3.63) is 58.6 Å². The minimum atomic E-state index is -3.95. The van der Waals surface area contributed by atoms with E-state index in [2.05, 4.69) is 5.32 Å². The summed E-state index contributed by atoms with van der Waals surface area (Å²) < 4.78 is 32.5. The Labute approximate surface area is 165 Å². The highest BCUT2D eigenvalue weighted by Crippen LogP contribution is 2.30. The predicted molar refractivity (Wildman–Crippen MR) is 107 cm³/mol. The minimum Gasteiger partial charge on any atom is -0.383 e. The maximum atomic E-state index is 13.3. The van der Waals surface area contributed by atoms with Crippen LogP contribution >= 0.6 is 11.6 Å². The molecule has 0 spiro atoms. The number of halogens is 1. The average Bonchev–Trinajstić information content (AvgIpc) is 2.63. The molecule has 0 saturated heterocycles. The average molecular weight is 411 g/mol. The lowest BCUT2D eigenvalue weighted by molar-refractivity contribution is -0.119. The molecule has 1 N–H and O–H groups in total. The van der Waals surface area contributed by atoms with Crippen LogP contribution in [0.4, 0.5) is 5.69 Å². The normalized spacial score (nSPS) is 11.3. The largest absolute Gasteiger partial charge is 0.383 e. The maximum absolute atomic E-state index is 13.3. The van der Waals surface area contributed by atoms with Crippen molar-refractivity contribution >= 4 is 33.2 Å². The van der Waals surface area contributed by atoms with E-state index in [0.29, 0.717) is 29.4 Å². The number of sulfonamides is 1. The predicted octanol–water partition coefficient (Wildman–Crippen LogP) is 2.91. The Balaban J connectivity index is 2.44. The van der Waals surface area contributed by atoms with E-state index in [0.717, 1.165) is 9.87 Å². The van der Waals surface area contributed by atoms with E-state index < -0.39 is 15.9 Å². The molecule has 0 saturated carbocycles. The minimum absolute atomic E-state index is 0.108. The number of aryl methyl sites for hydroxylation is 1. The van der Waals surface area contributed by atoms with E-state index in [1.807, 2.05) is 6.92 Å². The van der Waals surface area contributed by atoms with Crippen molar-refractivity contribution in [2.24, 2.45) is 0 Å². The number of ether oxygens (including phenoxy) is 1. The van der Waals surface area contributed by atoms with Gasteiger partial charge in [0.05, 0.1) is 17.2 Å². The summed E-state index contributed by atoms with van der Waals surface area (Å²) in [5.74, 6) is -0.429. The van der Waals surface area contributed by atoms with Crippen LogP contribution in [-0.2, 0) is 19.6 Å². The number of benzene rings is 2. The highest BCUT2D eigenvalue weighted by molar-refractivity contribution is 7.92. The Bertz CT molecular complexity index is 898. The van der Waals surface area contributed by atoms with E-state index in [1.54, 1.807) is 37.3 Å². The van der Waals surface area contributed by atoms with Gasteiger partial charge in [-0.05, 0) is 43.7 Å². The molecule has 0 aromatic heterocycles. The van der Waals surface area contributed by atoms with Gasteiger partial charge in [0.1, 0.15) is 6.54 Å². The number of anilines is 1. The van der Waals surface area contributed by atoms with Gasteiger partial charge >= 0.3 is 0 Å². The first-order valence-corrected chi connectivity index (χ1v) is 10.2. The van der Waals surface area contributed by atoms with Gasteiger partial charge in [-0.15, -0.1) is 0 Å². The lowest BCUT2D eigenvalue weighted by atomic mass is 10.2. The van der Waals surface area contributed by atoms with Gasteiger partial charge in [0.25, 0.3) is 10.0 Å². The van der Waals surface area contributed by atoms with Crippen molar-refractivity contribution in [2.75, 3.05) is 31.1 Å². The number of hydrogen-bond donors (Lipinski definition) is 1. The summed E-state index contributed by atoms with van der Waals surface area (Å²) in [5, 5.41) is 3.07. The summed E-state index contributed by atoms with van der Waals surface area (Å²) in [6.07, 6.45) is 0. The fourth-order valence-electron chi connectivity index (χ4n) is 2.48. The smallest absolute Gasteiger partial charge is 0.264 e. The van der Waals surface area contributed by atoms with Crippen LogP contribution in [-0.4, -0.2) is 41.1 Å². The van der Waals surface area contributed by atoms with E-state index in [9.17, 15) is 13.2 Å². The molecule has 0 aliphatic carbocycles. The highest BCUT2D eigenvalue weighted by atomic mass is 35.5. The van der Waals surface area contributed by atoms with Crippen molar-refractivity contribution in [2.45, 2.75) is 18.7 Å². The van der Waals surface area contributed by atoms with Gasteiger partial charge in [-0.2, -0.15) is 0 Å². The molecule has 2 rings (SSSR count). The van der Waals surface area contributed by atoms with Crippen LogP contribution in [0, 0.1) is 13.8 Å². The summed E-state index contributed by atoms with van der Waals surface area (Å²) >= 11 is 6.18. The third-order valence-electron chi connectivity index (χ3n) is 4.03. The van der Waals surface area contributed by atoms with Crippen molar-refractivity contribution < 1.29 is 17.9 Å². The van der Waals surface area contributed by atoms with Gasteiger partial charge in [0.15, 0.2) is 0 Å². The van der Waals surface area contributed by atoms with Crippen LogP contribution in [0.5, 0.6) is 0 Å². The molecule has 0 heterocycles. The highest BCUT2D eigenvalue weighted by Gasteiger charge is 2.28. The first-order valence-electron chi connectivity index (χ1n) is 8.37. The van der Waals surface area contributed by atoms with E-state index >= 15 is 0 Å². The Hall–Kier alpha value is -2.09. The fourth-order valence-corrected chi connectivity index (χ4v) is 4.13. The van der Waals surface area contributed by atoms with Gasteiger partial charge < -0.3 is 10.1 Å². The van der Waals surface area contributed by atoms with Gasteiger partial charge in [0, 0.05) is 18.7 Å². The molecule has 2 aromatic carbocycles. The number of rotatable bonds is 8. The van der Waals surface area contributed by atoms with Crippen molar-refractivity contribution in [1.82, 2.24) is 5.32 Å². The zero-order chi connectivity index (χ0) is 20.0. The molecule has 1 amide bonds. The maximum Gasteiger partial charge on any atom is 0.264 e. The van der Waals surface area contributed by atoms with Crippen LogP contribution in [0.3, 0.4) is 0 Å². The zero-order valence-corrected chi connectivity index (χ0v) is 17.1. The standard InChI is InChI=1S/C19H23ClN2O4S/c1-14-7-9-16(10-8-14)27(24,25)22(13-19(23)21-11-12-26-3)18-6-4-5-17(20)15(18)2/h4-10H,11-13H2,1-3H3,(H,21,23). The lowest BCUT2D eigenvalue weighted by Crippen LogP contribution is -2.42. The molecule has 0 aliphatic heterocycles. The topological polar surface area (TPSA) is 75.7 Å². The monoisotopic (exact) mass is 410 g/mol. The number of amides is 1. The molecular weight excluding hydrogens is 388 g/mol. The second kappa shape index (κ2) is 9.21. The Kier molecular flexibility index (Phi) is 7.24. The molecule has 0 radical (unpaired) electrons. The third kappa shape index (κ3) is 5.22. The zero-order valence-electron chi connectivity index (χ0n) is 15.5. The Morgan fingerprint density at radius 2 is 1.81 bits per heavy atom. The van der Waals surface area contributed by atoms with Gasteiger partial charge in [0.2, 0.25) is 5.91 Å².